The highest BCUT2D eigenvalue weighted by Crippen LogP contribution is 2.33. The number of hydrogen-bond donors (Lipinski definition) is 1. The van der Waals surface area contributed by atoms with Crippen molar-refractivity contribution in [2.75, 3.05) is 6.61 Å². The number of benzene rings is 1. The van der Waals surface area contributed by atoms with E-state index in [1.54, 1.807) is 30.7 Å². The molecule has 2 aromatic rings. The molecule has 2 N–H and O–H groups in total. The van der Waals surface area contributed by atoms with E-state index in [0.29, 0.717) is 23.5 Å². The number of amides is 1. The van der Waals surface area contributed by atoms with Crippen LogP contribution < -0.4 is 10.5 Å². The number of carbonyl (C=O) groups excluding carboxylic acids is 1. The van der Waals surface area contributed by atoms with Crippen molar-refractivity contribution in [3.8, 4) is 16.9 Å². The normalized spacial score (nSPS) is 10.3. The smallest absolute Gasteiger partial charge is 0.249 e. The molecule has 0 spiro atoms. The molecule has 94 valence electrons. The number of carbonyl (C=O) groups is 1. The van der Waals surface area contributed by atoms with E-state index in [4.69, 9.17) is 14.9 Å². The van der Waals surface area contributed by atoms with Gasteiger partial charge in [-0.05, 0) is 24.6 Å². The Bertz CT molecular complexity index is 532. The standard InChI is InChI=1S/C14H15NO3/c1-2-7-18-12-5-3-4-11(14(15)16)13(12)10-6-8-17-9-10/h3-6,8-9H,2,7H2,1H3,(H2,15,16). The van der Waals surface area contributed by atoms with Crippen molar-refractivity contribution >= 4 is 5.91 Å². The van der Waals surface area contributed by atoms with Crippen molar-refractivity contribution in [3.05, 3.63) is 42.4 Å². The fourth-order valence-corrected chi connectivity index (χ4v) is 1.77. The lowest BCUT2D eigenvalue weighted by atomic mass is 10.0. The van der Waals surface area contributed by atoms with E-state index < -0.39 is 5.91 Å². The van der Waals surface area contributed by atoms with Gasteiger partial charge >= 0.3 is 0 Å². The highest BCUT2D eigenvalue weighted by Gasteiger charge is 2.16. The lowest BCUT2D eigenvalue weighted by Crippen LogP contribution is -2.13. The summed E-state index contributed by atoms with van der Waals surface area (Å²) in [6, 6.07) is 7.04. The lowest BCUT2D eigenvalue weighted by Gasteiger charge is -2.12. The molecule has 0 radical (unpaired) electrons. The van der Waals surface area contributed by atoms with Crippen LogP contribution in [-0.4, -0.2) is 12.5 Å². The van der Waals surface area contributed by atoms with Crippen LogP contribution in [-0.2, 0) is 0 Å². The molecular weight excluding hydrogens is 230 g/mol. The highest BCUT2D eigenvalue weighted by atomic mass is 16.5. The molecule has 0 atom stereocenters. The zero-order valence-corrected chi connectivity index (χ0v) is 10.2. The van der Waals surface area contributed by atoms with Gasteiger partial charge in [-0.1, -0.05) is 13.0 Å². The van der Waals surface area contributed by atoms with Crippen LogP contribution in [0.4, 0.5) is 0 Å². The Morgan fingerprint density at radius 3 is 2.83 bits per heavy atom. The second-order valence-electron chi connectivity index (χ2n) is 3.90. The van der Waals surface area contributed by atoms with Gasteiger partial charge in [0.15, 0.2) is 0 Å². The fourth-order valence-electron chi connectivity index (χ4n) is 1.77. The molecule has 0 unspecified atom stereocenters. The average Bonchev–Trinajstić information content (AvgIpc) is 2.89. The van der Waals surface area contributed by atoms with E-state index in [1.807, 2.05) is 13.0 Å². The van der Waals surface area contributed by atoms with E-state index in [9.17, 15) is 4.79 Å². The molecule has 1 heterocycles. The third-order valence-electron chi connectivity index (χ3n) is 2.56. The fraction of sp³-hybridized carbons (Fsp3) is 0.214. The van der Waals surface area contributed by atoms with Gasteiger partial charge in [-0.2, -0.15) is 0 Å². The second kappa shape index (κ2) is 5.40. The molecule has 0 aliphatic heterocycles. The van der Waals surface area contributed by atoms with Crippen molar-refractivity contribution < 1.29 is 13.9 Å². The summed E-state index contributed by atoms with van der Waals surface area (Å²) in [5.41, 5.74) is 7.30. The quantitative estimate of drug-likeness (QED) is 0.880. The van der Waals surface area contributed by atoms with E-state index in [-0.39, 0.29) is 0 Å². The van der Waals surface area contributed by atoms with Crippen LogP contribution in [0.3, 0.4) is 0 Å². The Labute approximate surface area is 105 Å². The summed E-state index contributed by atoms with van der Waals surface area (Å²) in [4.78, 5) is 11.5. The molecule has 1 amide bonds. The molecule has 0 fully saturated rings. The Balaban J connectivity index is 2.53. The first-order chi connectivity index (χ1) is 8.74. The van der Waals surface area contributed by atoms with Gasteiger partial charge in [0.05, 0.1) is 24.7 Å². The van der Waals surface area contributed by atoms with Crippen LogP contribution in [0.15, 0.2) is 41.2 Å². The van der Waals surface area contributed by atoms with Crippen molar-refractivity contribution in [1.29, 1.82) is 0 Å². The SMILES string of the molecule is CCCOc1cccc(C(N)=O)c1-c1ccoc1. The molecule has 0 saturated heterocycles. The summed E-state index contributed by atoms with van der Waals surface area (Å²) in [6.07, 6.45) is 4.02. The zero-order valence-electron chi connectivity index (χ0n) is 10.2. The summed E-state index contributed by atoms with van der Waals surface area (Å²) in [5, 5.41) is 0. The Morgan fingerprint density at radius 1 is 1.39 bits per heavy atom. The van der Waals surface area contributed by atoms with Crippen LogP contribution in [0, 0.1) is 0 Å². The highest BCUT2D eigenvalue weighted by molar-refractivity contribution is 6.01. The van der Waals surface area contributed by atoms with Crippen molar-refractivity contribution in [2.24, 2.45) is 5.73 Å². The van der Waals surface area contributed by atoms with Gasteiger partial charge in [0, 0.05) is 11.1 Å². The van der Waals surface area contributed by atoms with Crippen LogP contribution in [0.25, 0.3) is 11.1 Å². The van der Waals surface area contributed by atoms with Gasteiger partial charge in [-0.15, -0.1) is 0 Å². The molecule has 4 nitrogen and oxygen atoms in total. The summed E-state index contributed by atoms with van der Waals surface area (Å²) in [7, 11) is 0. The van der Waals surface area contributed by atoms with Crippen molar-refractivity contribution in [1.82, 2.24) is 0 Å². The van der Waals surface area contributed by atoms with Crippen molar-refractivity contribution in [2.45, 2.75) is 13.3 Å². The number of hydrogen-bond acceptors (Lipinski definition) is 3. The molecule has 0 aliphatic carbocycles. The number of nitrogens with two attached hydrogens (primary N) is 1. The van der Waals surface area contributed by atoms with Gasteiger partial charge in [0.2, 0.25) is 5.91 Å². The number of primary amides is 1. The number of rotatable bonds is 5. The second-order valence-corrected chi connectivity index (χ2v) is 3.90. The maximum atomic E-state index is 11.5. The maximum Gasteiger partial charge on any atom is 0.249 e. The Morgan fingerprint density at radius 2 is 2.22 bits per heavy atom. The monoisotopic (exact) mass is 245 g/mol. The summed E-state index contributed by atoms with van der Waals surface area (Å²) in [5.74, 6) is 0.169. The molecular formula is C14H15NO3. The summed E-state index contributed by atoms with van der Waals surface area (Å²) in [6.45, 7) is 2.61. The first-order valence-corrected chi connectivity index (χ1v) is 5.82. The van der Waals surface area contributed by atoms with Crippen LogP contribution in [0.5, 0.6) is 5.75 Å². The predicted molar refractivity (Wildman–Crippen MR) is 68.4 cm³/mol. The topological polar surface area (TPSA) is 65.5 Å². The minimum absolute atomic E-state index is 0.435. The van der Waals surface area contributed by atoms with Crippen LogP contribution in [0.2, 0.25) is 0 Å². The minimum Gasteiger partial charge on any atom is -0.493 e. The van der Waals surface area contributed by atoms with E-state index in [0.717, 1.165) is 12.0 Å². The van der Waals surface area contributed by atoms with Crippen LogP contribution >= 0.6 is 0 Å². The van der Waals surface area contributed by atoms with E-state index in [2.05, 4.69) is 0 Å². The number of furan rings is 1. The summed E-state index contributed by atoms with van der Waals surface area (Å²) < 4.78 is 10.7. The van der Waals surface area contributed by atoms with Crippen LogP contribution in [0.1, 0.15) is 23.7 Å². The molecule has 0 aliphatic rings. The van der Waals surface area contributed by atoms with Gasteiger partial charge in [-0.3, -0.25) is 4.79 Å². The zero-order chi connectivity index (χ0) is 13.0. The molecule has 1 aromatic carbocycles. The largest absolute Gasteiger partial charge is 0.493 e. The third kappa shape index (κ3) is 2.37. The molecule has 1 aromatic heterocycles. The molecule has 0 bridgehead atoms. The molecule has 2 rings (SSSR count). The lowest BCUT2D eigenvalue weighted by molar-refractivity contribution is 0.100. The molecule has 0 saturated carbocycles. The van der Waals surface area contributed by atoms with Gasteiger partial charge in [-0.25, -0.2) is 0 Å². The molecule has 4 heteroatoms. The maximum absolute atomic E-state index is 11.5. The minimum atomic E-state index is -0.479. The number of ether oxygens (including phenoxy) is 1. The first-order valence-electron chi connectivity index (χ1n) is 5.82. The third-order valence-corrected chi connectivity index (χ3v) is 2.56. The van der Waals surface area contributed by atoms with Gasteiger partial charge in [0.1, 0.15) is 5.75 Å². The Kier molecular flexibility index (Phi) is 3.67. The Hall–Kier alpha value is -2.23. The van der Waals surface area contributed by atoms with E-state index in [1.165, 1.54) is 0 Å². The summed E-state index contributed by atoms with van der Waals surface area (Å²) >= 11 is 0. The first kappa shape index (κ1) is 12.2. The molecule has 18 heavy (non-hydrogen) atoms. The van der Waals surface area contributed by atoms with Gasteiger partial charge < -0.3 is 14.9 Å². The average molecular weight is 245 g/mol. The van der Waals surface area contributed by atoms with Gasteiger partial charge in [0.25, 0.3) is 0 Å². The predicted octanol–water partition coefficient (Wildman–Crippen LogP) is 2.83. The van der Waals surface area contributed by atoms with E-state index >= 15 is 0 Å². The van der Waals surface area contributed by atoms with Crippen molar-refractivity contribution in [3.63, 3.8) is 0 Å².